The number of rotatable bonds is 4. The number of carboxylic acid groups (broad SMARTS) is 1. The molecule has 1 aliphatic rings. The van der Waals surface area contributed by atoms with Crippen LogP contribution in [0.4, 0.5) is 4.39 Å². The van der Waals surface area contributed by atoms with Gasteiger partial charge < -0.3 is 5.11 Å². The quantitative estimate of drug-likeness (QED) is 0.618. The van der Waals surface area contributed by atoms with Crippen LogP contribution in [0.15, 0.2) is 16.6 Å². The van der Waals surface area contributed by atoms with Gasteiger partial charge in [0, 0.05) is 10.4 Å². The highest BCUT2D eigenvalue weighted by Gasteiger charge is 2.42. The molecule has 21 heavy (non-hydrogen) atoms. The molecule has 0 spiro atoms. The van der Waals surface area contributed by atoms with Gasteiger partial charge >= 0.3 is 5.97 Å². The maximum Gasteiger partial charge on any atom is 0.307 e. The summed E-state index contributed by atoms with van der Waals surface area (Å²) in [5.74, 6) is -3.38. The van der Waals surface area contributed by atoms with Crippen LogP contribution >= 0.6 is 27.5 Å². The van der Waals surface area contributed by atoms with Gasteiger partial charge in [-0.2, -0.15) is 0 Å². The molecule has 0 heterocycles. The van der Waals surface area contributed by atoms with Crippen molar-refractivity contribution >= 4 is 39.3 Å². The van der Waals surface area contributed by atoms with E-state index in [0.717, 1.165) is 12.5 Å². The van der Waals surface area contributed by atoms with Gasteiger partial charge in [0.05, 0.1) is 16.5 Å². The molecular weight excluding hydrogens is 363 g/mol. The van der Waals surface area contributed by atoms with Gasteiger partial charge in [-0.1, -0.05) is 24.9 Å². The number of carbonyl (C=O) groups excluding carboxylic acids is 1. The number of Topliss-reactive ketones (excluding diaryl/α,β-unsaturated/α-hetero) is 1. The average Bonchev–Trinajstić information content (AvgIpc) is 2.86. The van der Waals surface area contributed by atoms with Crippen molar-refractivity contribution in [2.75, 3.05) is 0 Å². The van der Waals surface area contributed by atoms with Gasteiger partial charge in [0.25, 0.3) is 0 Å². The summed E-state index contributed by atoms with van der Waals surface area (Å²) in [6.45, 7) is 1.97. The normalized spacial score (nSPS) is 25.0. The summed E-state index contributed by atoms with van der Waals surface area (Å²) < 4.78 is 14.4. The first-order valence-corrected chi connectivity index (χ1v) is 7.93. The van der Waals surface area contributed by atoms with Gasteiger partial charge in [-0.15, -0.1) is 0 Å². The second-order valence-electron chi connectivity index (χ2n) is 5.41. The molecule has 1 saturated carbocycles. The van der Waals surface area contributed by atoms with E-state index in [1.54, 1.807) is 0 Å². The summed E-state index contributed by atoms with van der Waals surface area (Å²) in [6.07, 6.45) is 1.77. The fraction of sp³-hybridized carbons (Fsp3) is 0.467. The summed E-state index contributed by atoms with van der Waals surface area (Å²) in [6, 6.07) is 2.40. The molecule has 0 aliphatic heterocycles. The molecule has 3 unspecified atom stereocenters. The molecule has 6 heteroatoms. The van der Waals surface area contributed by atoms with Crippen molar-refractivity contribution in [3.63, 3.8) is 0 Å². The second kappa shape index (κ2) is 6.44. The molecule has 1 aromatic carbocycles. The monoisotopic (exact) mass is 376 g/mol. The molecular formula is C15H15BrClFO3. The van der Waals surface area contributed by atoms with Gasteiger partial charge in [-0.25, -0.2) is 4.39 Å². The van der Waals surface area contributed by atoms with Crippen LogP contribution in [0.1, 0.15) is 36.5 Å². The van der Waals surface area contributed by atoms with Crippen molar-refractivity contribution in [3.05, 3.63) is 33.0 Å². The predicted octanol–water partition coefficient (Wildman–Crippen LogP) is 4.56. The first kappa shape index (κ1) is 16.4. The van der Waals surface area contributed by atoms with Gasteiger partial charge in [0.1, 0.15) is 5.82 Å². The van der Waals surface area contributed by atoms with Gasteiger partial charge in [-0.05, 0) is 46.8 Å². The zero-order valence-corrected chi connectivity index (χ0v) is 13.7. The van der Waals surface area contributed by atoms with Crippen LogP contribution in [-0.2, 0) is 4.79 Å². The van der Waals surface area contributed by atoms with Crippen LogP contribution in [0.25, 0.3) is 0 Å². The highest BCUT2D eigenvalue weighted by molar-refractivity contribution is 9.10. The Morgan fingerprint density at radius 2 is 2.00 bits per heavy atom. The number of aliphatic carboxylic acids is 1. The van der Waals surface area contributed by atoms with E-state index in [4.69, 9.17) is 11.6 Å². The van der Waals surface area contributed by atoms with E-state index < -0.39 is 29.4 Å². The maximum absolute atomic E-state index is 14.0. The fourth-order valence-corrected chi connectivity index (χ4v) is 3.43. The number of carbonyl (C=O) groups is 2. The first-order chi connectivity index (χ1) is 9.85. The summed E-state index contributed by atoms with van der Waals surface area (Å²) in [7, 11) is 0. The SMILES string of the molecule is CCC1CC(C(=O)O)C(C(=O)c2cc(Cl)c(Br)cc2F)C1. The van der Waals surface area contributed by atoms with Gasteiger partial charge in [0.15, 0.2) is 5.78 Å². The third-order valence-electron chi connectivity index (χ3n) is 4.17. The van der Waals surface area contributed by atoms with Crippen LogP contribution in [0.3, 0.4) is 0 Å². The Kier molecular flexibility index (Phi) is 5.04. The molecule has 1 aromatic rings. The summed E-state index contributed by atoms with van der Waals surface area (Å²) in [5.41, 5.74) is -0.129. The lowest BCUT2D eigenvalue weighted by Crippen LogP contribution is -2.26. The zero-order valence-electron chi connectivity index (χ0n) is 11.4. The molecule has 0 radical (unpaired) electrons. The standard InChI is InChI=1S/C15H15BrClFO3/c1-2-7-3-8(9(4-7)15(20)21)14(19)10-5-12(17)11(16)6-13(10)18/h5-9H,2-4H2,1H3,(H,20,21). The highest BCUT2D eigenvalue weighted by Crippen LogP contribution is 2.41. The Labute approximate surface area is 135 Å². The minimum Gasteiger partial charge on any atom is -0.481 e. The number of halogens is 3. The first-order valence-electron chi connectivity index (χ1n) is 6.76. The zero-order chi connectivity index (χ0) is 15.7. The van der Waals surface area contributed by atoms with Gasteiger partial charge in [-0.3, -0.25) is 9.59 Å². The lowest BCUT2D eigenvalue weighted by molar-refractivity contribution is -0.142. The smallest absolute Gasteiger partial charge is 0.307 e. The Bertz CT molecular complexity index is 591. The van der Waals surface area contributed by atoms with E-state index in [2.05, 4.69) is 15.9 Å². The van der Waals surface area contributed by atoms with Crippen LogP contribution in [0.2, 0.25) is 5.02 Å². The molecule has 114 valence electrons. The molecule has 3 nitrogen and oxygen atoms in total. The fourth-order valence-electron chi connectivity index (χ4n) is 2.95. The lowest BCUT2D eigenvalue weighted by Gasteiger charge is -2.15. The summed E-state index contributed by atoms with van der Waals surface area (Å²) in [5, 5.41) is 9.51. The lowest BCUT2D eigenvalue weighted by atomic mass is 9.88. The molecule has 2 rings (SSSR count). The van der Waals surface area contributed by atoms with E-state index in [-0.39, 0.29) is 16.5 Å². The Morgan fingerprint density at radius 3 is 2.57 bits per heavy atom. The van der Waals surface area contributed by atoms with Gasteiger partial charge in [0.2, 0.25) is 0 Å². The van der Waals surface area contributed by atoms with Crippen LogP contribution in [0.5, 0.6) is 0 Å². The minimum absolute atomic E-state index is 0.129. The van der Waals surface area contributed by atoms with E-state index >= 15 is 0 Å². The van der Waals surface area contributed by atoms with Crippen molar-refractivity contribution in [2.24, 2.45) is 17.8 Å². The van der Waals surface area contributed by atoms with Crippen molar-refractivity contribution in [2.45, 2.75) is 26.2 Å². The second-order valence-corrected chi connectivity index (χ2v) is 6.67. The van der Waals surface area contributed by atoms with Crippen LogP contribution in [0, 0.1) is 23.6 Å². The number of ketones is 1. The molecule has 0 saturated heterocycles. The number of hydrogen-bond donors (Lipinski definition) is 1. The van der Waals surface area contributed by atoms with E-state index in [0.29, 0.717) is 17.3 Å². The van der Waals surface area contributed by atoms with Crippen molar-refractivity contribution < 1.29 is 19.1 Å². The molecule has 1 N–H and O–H groups in total. The third-order valence-corrected chi connectivity index (χ3v) is 5.36. The number of hydrogen-bond acceptors (Lipinski definition) is 2. The predicted molar refractivity (Wildman–Crippen MR) is 81.1 cm³/mol. The highest BCUT2D eigenvalue weighted by atomic mass is 79.9. The molecule has 0 bridgehead atoms. The minimum atomic E-state index is -0.993. The van der Waals surface area contributed by atoms with Crippen LogP contribution < -0.4 is 0 Å². The van der Waals surface area contributed by atoms with Crippen molar-refractivity contribution in [3.8, 4) is 0 Å². The topological polar surface area (TPSA) is 54.4 Å². The Morgan fingerprint density at radius 1 is 1.38 bits per heavy atom. The van der Waals surface area contributed by atoms with E-state index in [1.807, 2.05) is 6.92 Å². The Hall–Kier alpha value is -0.940. The van der Waals surface area contributed by atoms with E-state index in [9.17, 15) is 19.1 Å². The molecule has 0 aromatic heterocycles. The van der Waals surface area contributed by atoms with Crippen LogP contribution in [-0.4, -0.2) is 16.9 Å². The summed E-state index contributed by atoms with van der Waals surface area (Å²) in [4.78, 5) is 23.9. The molecule has 1 aliphatic carbocycles. The van der Waals surface area contributed by atoms with Crippen molar-refractivity contribution in [1.29, 1.82) is 0 Å². The molecule has 1 fully saturated rings. The average molecular weight is 378 g/mol. The van der Waals surface area contributed by atoms with E-state index in [1.165, 1.54) is 6.07 Å². The number of benzene rings is 1. The number of carboxylic acids is 1. The third kappa shape index (κ3) is 3.29. The summed E-state index contributed by atoms with van der Waals surface area (Å²) >= 11 is 9.00. The largest absolute Gasteiger partial charge is 0.481 e. The molecule has 3 atom stereocenters. The maximum atomic E-state index is 14.0. The molecule has 0 amide bonds. The van der Waals surface area contributed by atoms with Crippen molar-refractivity contribution in [1.82, 2.24) is 0 Å². The Balaban J connectivity index is 2.34.